The van der Waals surface area contributed by atoms with E-state index in [-0.39, 0.29) is 6.04 Å². The third kappa shape index (κ3) is 3.91. The first-order valence-electron chi connectivity index (χ1n) is 5.87. The molecule has 1 heterocycles. The SMILES string of the molecule is NNC(Cc1cccnc1)Cc1cccc(Br)c1. The molecule has 3 N–H and O–H groups in total. The zero-order chi connectivity index (χ0) is 12.8. The third-order valence-corrected chi connectivity index (χ3v) is 3.30. The Morgan fingerprint density at radius 3 is 2.61 bits per heavy atom. The van der Waals surface area contributed by atoms with Gasteiger partial charge in [0.15, 0.2) is 0 Å². The Kier molecular flexibility index (Phi) is 4.87. The second-order valence-electron chi connectivity index (χ2n) is 4.26. The van der Waals surface area contributed by atoms with E-state index >= 15 is 0 Å². The first kappa shape index (κ1) is 13.2. The van der Waals surface area contributed by atoms with Crippen molar-refractivity contribution in [2.75, 3.05) is 0 Å². The summed E-state index contributed by atoms with van der Waals surface area (Å²) in [5.41, 5.74) is 5.33. The monoisotopic (exact) mass is 305 g/mol. The maximum atomic E-state index is 5.62. The lowest BCUT2D eigenvalue weighted by Crippen LogP contribution is -2.38. The van der Waals surface area contributed by atoms with Gasteiger partial charge in [-0.05, 0) is 42.2 Å². The zero-order valence-electron chi connectivity index (χ0n) is 10.0. The molecule has 0 amide bonds. The minimum Gasteiger partial charge on any atom is -0.271 e. The van der Waals surface area contributed by atoms with E-state index in [0.29, 0.717) is 0 Å². The summed E-state index contributed by atoms with van der Waals surface area (Å²) in [6, 6.07) is 12.5. The van der Waals surface area contributed by atoms with Gasteiger partial charge in [0.25, 0.3) is 0 Å². The van der Waals surface area contributed by atoms with Crippen LogP contribution in [0.1, 0.15) is 11.1 Å². The van der Waals surface area contributed by atoms with Gasteiger partial charge in [-0.2, -0.15) is 0 Å². The smallest absolute Gasteiger partial charge is 0.0300 e. The van der Waals surface area contributed by atoms with Crippen LogP contribution in [-0.2, 0) is 12.8 Å². The van der Waals surface area contributed by atoms with Crippen molar-refractivity contribution < 1.29 is 0 Å². The van der Waals surface area contributed by atoms with Gasteiger partial charge in [0.05, 0.1) is 0 Å². The van der Waals surface area contributed by atoms with E-state index in [4.69, 9.17) is 5.84 Å². The molecule has 1 aromatic carbocycles. The average Bonchev–Trinajstić information content (AvgIpc) is 2.39. The number of pyridine rings is 1. The molecule has 0 fully saturated rings. The van der Waals surface area contributed by atoms with Crippen LogP contribution in [0.15, 0.2) is 53.3 Å². The molecule has 0 aliphatic rings. The summed E-state index contributed by atoms with van der Waals surface area (Å²) >= 11 is 3.48. The molecule has 2 aromatic rings. The Morgan fingerprint density at radius 1 is 1.17 bits per heavy atom. The fourth-order valence-corrected chi connectivity index (χ4v) is 2.39. The van der Waals surface area contributed by atoms with Gasteiger partial charge in [-0.1, -0.05) is 34.1 Å². The van der Waals surface area contributed by atoms with Gasteiger partial charge in [0.2, 0.25) is 0 Å². The normalized spacial score (nSPS) is 12.3. The summed E-state index contributed by atoms with van der Waals surface area (Å²) in [6.07, 6.45) is 5.43. The zero-order valence-corrected chi connectivity index (χ0v) is 11.6. The molecule has 1 unspecified atom stereocenters. The Balaban J connectivity index is 2.01. The maximum Gasteiger partial charge on any atom is 0.0300 e. The molecule has 0 aliphatic heterocycles. The highest BCUT2D eigenvalue weighted by Crippen LogP contribution is 2.14. The molecular formula is C14H16BrN3. The van der Waals surface area contributed by atoms with Gasteiger partial charge in [0.1, 0.15) is 0 Å². The molecule has 18 heavy (non-hydrogen) atoms. The number of aromatic nitrogens is 1. The van der Waals surface area contributed by atoms with Gasteiger partial charge in [-0.3, -0.25) is 16.3 Å². The number of nitrogens with two attached hydrogens (primary N) is 1. The lowest BCUT2D eigenvalue weighted by Gasteiger charge is -2.16. The Labute approximate surface area is 116 Å². The summed E-state index contributed by atoms with van der Waals surface area (Å²) in [6.45, 7) is 0. The van der Waals surface area contributed by atoms with Crippen LogP contribution in [0, 0.1) is 0 Å². The number of hydrazine groups is 1. The van der Waals surface area contributed by atoms with Crippen molar-refractivity contribution in [3.05, 3.63) is 64.4 Å². The van der Waals surface area contributed by atoms with Gasteiger partial charge in [-0.15, -0.1) is 0 Å². The van der Waals surface area contributed by atoms with Crippen LogP contribution in [0.5, 0.6) is 0 Å². The number of hydrogen-bond donors (Lipinski definition) is 2. The van der Waals surface area contributed by atoms with Crippen LogP contribution >= 0.6 is 15.9 Å². The fourth-order valence-electron chi connectivity index (χ4n) is 1.94. The summed E-state index contributed by atoms with van der Waals surface area (Å²) in [7, 11) is 0. The molecule has 0 saturated heterocycles. The van der Waals surface area contributed by atoms with Crippen LogP contribution in [0.2, 0.25) is 0 Å². The van der Waals surface area contributed by atoms with Gasteiger partial charge >= 0.3 is 0 Å². The average molecular weight is 306 g/mol. The highest BCUT2D eigenvalue weighted by molar-refractivity contribution is 9.10. The van der Waals surface area contributed by atoms with Crippen LogP contribution in [0.4, 0.5) is 0 Å². The molecule has 94 valence electrons. The molecule has 4 heteroatoms. The van der Waals surface area contributed by atoms with Crippen molar-refractivity contribution in [1.29, 1.82) is 0 Å². The molecule has 0 saturated carbocycles. The van der Waals surface area contributed by atoms with E-state index < -0.39 is 0 Å². The van der Waals surface area contributed by atoms with E-state index in [1.807, 2.05) is 24.4 Å². The Hall–Kier alpha value is -1.23. The molecule has 0 radical (unpaired) electrons. The van der Waals surface area contributed by atoms with Crippen LogP contribution in [0.25, 0.3) is 0 Å². The van der Waals surface area contributed by atoms with E-state index in [1.165, 1.54) is 11.1 Å². The molecule has 3 nitrogen and oxygen atoms in total. The molecule has 1 aromatic heterocycles. The summed E-state index contributed by atoms with van der Waals surface area (Å²) < 4.78 is 1.09. The summed E-state index contributed by atoms with van der Waals surface area (Å²) in [5, 5.41) is 0. The number of nitrogens with zero attached hydrogens (tertiary/aromatic N) is 1. The number of nitrogens with one attached hydrogen (secondary N) is 1. The molecule has 0 bridgehead atoms. The van der Waals surface area contributed by atoms with Gasteiger partial charge in [-0.25, -0.2) is 0 Å². The first-order chi connectivity index (χ1) is 8.78. The van der Waals surface area contributed by atoms with E-state index in [1.54, 1.807) is 6.20 Å². The topological polar surface area (TPSA) is 50.9 Å². The lowest BCUT2D eigenvalue weighted by molar-refractivity contribution is 0.522. The number of rotatable bonds is 5. The number of hydrogen-bond acceptors (Lipinski definition) is 3. The summed E-state index contributed by atoms with van der Waals surface area (Å²) in [4.78, 5) is 4.12. The lowest BCUT2D eigenvalue weighted by atomic mass is 10.0. The van der Waals surface area contributed by atoms with Crippen LogP contribution in [-0.4, -0.2) is 11.0 Å². The molecule has 0 aliphatic carbocycles. The van der Waals surface area contributed by atoms with Gasteiger partial charge in [0, 0.05) is 22.9 Å². The highest BCUT2D eigenvalue weighted by Gasteiger charge is 2.09. The summed E-state index contributed by atoms with van der Waals surface area (Å²) in [5.74, 6) is 5.62. The Bertz CT molecular complexity index is 487. The second kappa shape index (κ2) is 6.64. The minimum absolute atomic E-state index is 0.212. The quantitative estimate of drug-likeness (QED) is 0.659. The third-order valence-electron chi connectivity index (χ3n) is 2.81. The minimum atomic E-state index is 0.212. The predicted molar refractivity (Wildman–Crippen MR) is 76.9 cm³/mol. The first-order valence-corrected chi connectivity index (χ1v) is 6.66. The van der Waals surface area contributed by atoms with Crippen molar-refractivity contribution in [2.45, 2.75) is 18.9 Å². The molecule has 0 spiro atoms. The second-order valence-corrected chi connectivity index (χ2v) is 5.18. The van der Waals surface area contributed by atoms with Crippen molar-refractivity contribution >= 4 is 15.9 Å². The maximum absolute atomic E-state index is 5.62. The van der Waals surface area contributed by atoms with Crippen LogP contribution in [0.3, 0.4) is 0 Å². The van der Waals surface area contributed by atoms with Crippen molar-refractivity contribution in [1.82, 2.24) is 10.4 Å². The molecule has 2 rings (SSSR count). The standard InChI is InChI=1S/C14H16BrN3/c15-13-5-1-3-11(7-13)8-14(18-16)9-12-4-2-6-17-10-12/h1-7,10,14,18H,8-9,16H2. The molecule has 1 atom stereocenters. The largest absolute Gasteiger partial charge is 0.271 e. The Morgan fingerprint density at radius 2 is 1.94 bits per heavy atom. The van der Waals surface area contributed by atoms with Gasteiger partial charge < -0.3 is 0 Å². The number of halogens is 1. The van der Waals surface area contributed by atoms with E-state index in [9.17, 15) is 0 Å². The number of benzene rings is 1. The van der Waals surface area contributed by atoms with Crippen molar-refractivity contribution in [2.24, 2.45) is 5.84 Å². The van der Waals surface area contributed by atoms with E-state index in [2.05, 4.69) is 44.5 Å². The fraction of sp³-hybridized carbons (Fsp3) is 0.214. The van der Waals surface area contributed by atoms with E-state index in [0.717, 1.165) is 17.3 Å². The molecular weight excluding hydrogens is 290 g/mol. The van der Waals surface area contributed by atoms with Crippen LogP contribution < -0.4 is 11.3 Å². The predicted octanol–water partition coefficient (Wildman–Crippen LogP) is 2.46. The highest BCUT2D eigenvalue weighted by atomic mass is 79.9. The van der Waals surface area contributed by atoms with Crippen molar-refractivity contribution in [3.63, 3.8) is 0 Å². The van der Waals surface area contributed by atoms with Crippen molar-refractivity contribution in [3.8, 4) is 0 Å².